The van der Waals surface area contributed by atoms with Crippen LogP contribution < -0.4 is 9.80 Å². The minimum Gasteiger partial charge on any atom is -0.360 e. The van der Waals surface area contributed by atoms with Crippen LogP contribution in [0.3, 0.4) is 0 Å². The molecule has 2 aromatic carbocycles. The molecule has 0 unspecified atom stereocenters. The lowest BCUT2D eigenvalue weighted by molar-refractivity contribution is -0.927. The summed E-state index contributed by atoms with van der Waals surface area (Å²) in [4.78, 5) is 3.84. The van der Waals surface area contributed by atoms with Crippen LogP contribution in [0.25, 0.3) is 0 Å². The van der Waals surface area contributed by atoms with Gasteiger partial charge in [0.25, 0.3) is 0 Å². The molecule has 1 saturated heterocycles. The van der Waals surface area contributed by atoms with Crippen LogP contribution in [0.1, 0.15) is 37.7 Å². The monoisotopic (exact) mass is 409 g/mol. The van der Waals surface area contributed by atoms with Crippen LogP contribution >= 0.6 is 0 Å². The number of benzene rings is 2. The predicted octanol–water partition coefficient (Wildman–Crippen LogP) is 2.35. The van der Waals surface area contributed by atoms with E-state index in [9.17, 15) is 4.39 Å². The van der Waals surface area contributed by atoms with Gasteiger partial charge in [-0.25, -0.2) is 9.07 Å². The Labute approximate surface area is 177 Å². The van der Waals surface area contributed by atoms with Gasteiger partial charge in [0.05, 0.1) is 26.2 Å². The molecule has 1 atom stereocenters. The Hall–Kier alpha value is -2.80. The van der Waals surface area contributed by atoms with Crippen molar-refractivity contribution in [3.63, 3.8) is 0 Å². The molecule has 0 bridgehead atoms. The van der Waals surface area contributed by atoms with Crippen LogP contribution in [0.5, 0.6) is 0 Å². The molecule has 1 aliphatic rings. The summed E-state index contributed by atoms with van der Waals surface area (Å²) in [5.74, 6) is 1.22. The first kappa shape index (κ1) is 20.5. The van der Waals surface area contributed by atoms with Crippen molar-refractivity contribution in [3.8, 4) is 0 Å². The fraction of sp³-hybridized carbons (Fsp3) is 0.435. The first-order valence-electron chi connectivity index (χ1n) is 10.8. The molecule has 1 N–H and O–H groups in total. The molecule has 2 heterocycles. The van der Waals surface area contributed by atoms with E-state index in [1.54, 1.807) is 0 Å². The smallest absolute Gasteiger partial charge is 0.214 e. The first-order chi connectivity index (χ1) is 14.6. The number of anilines is 1. The molecule has 0 amide bonds. The largest absolute Gasteiger partial charge is 0.360 e. The summed E-state index contributed by atoms with van der Waals surface area (Å²) in [6.45, 7) is 9.06. The molecule has 6 nitrogen and oxygen atoms in total. The normalized spacial score (nSPS) is 16.2. The van der Waals surface area contributed by atoms with Crippen LogP contribution in [0.4, 0.5) is 10.1 Å². The van der Waals surface area contributed by atoms with Crippen molar-refractivity contribution in [2.45, 2.75) is 32.9 Å². The average Bonchev–Trinajstić information content (AvgIpc) is 3.23. The maximum Gasteiger partial charge on any atom is 0.214 e. The summed E-state index contributed by atoms with van der Waals surface area (Å²) in [7, 11) is 0. The second-order valence-electron chi connectivity index (χ2n) is 8.41. The standard InChI is InChI=1S/C23H29FN6/c1-18(2)12-13-30-23(25-26-27-30)22(19-8-10-20(24)11-9-19)29-16-14-28(15-17-29)21-6-4-3-5-7-21/h3-11,18,22H,12-17H2,1-2H3/p+1/t22-/m1/s1. The molecule has 4 rings (SSSR count). The Morgan fingerprint density at radius 1 is 1.00 bits per heavy atom. The topological polar surface area (TPSA) is 51.3 Å². The van der Waals surface area contributed by atoms with E-state index in [0.29, 0.717) is 5.92 Å². The first-order valence-corrected chi connectivity index (χ1v) is 10.8. The number of aromatic nitrogens is 4. The Bertz CT molecular complexity index is 916. The highest BCUT2D eigenvalue weighted by atomic mass is 19.1. The van der Waals surface area contributed by atoms with Crippen molar-refractivity contribution in [2.75, 3.05) is 31.1 Å². The lowest BCUT2D eigenvalue weighted by atomic mass is 10.0. The average molecular weight is 410 g/mol. The van der Waals surface area contributed by atoms with E-state index in [-0.39, 0.29) is 11.9 Å². The van der Waals surface area contributed by atoms with Crippen LogP contribution in [0, 0.1) is 11.7 Å². The lowest BCUT2D eigenvalue weighted by Crippen LogP contribution is -3.15. The van der Waals surface area contributed by atoms with E-state index in [2.05, 4.69) is 58.5 Å². The zero-order valence-corrected chi connectivity index (χ0v) is 17.7. The van der Waals surface area contributed by atoms with Crippen molar-refractivity contribution in [2.24, 2.45) is 5.92 Å². The molecule has 1 fully saturated rings. The Balaban J connectivity index is 1.58. The van der Waals surface area contributed by atoms with E-state index in [1.807, 2.05) is 22.9 Å². The minimum atomic E-state index is -0.221. The van der Waals surface area contributed by atoms with Gasteiger partial charge >= 0.3 is 0 Å². The molecule has 0 aliphatic carbocycles. The van der Waals surface area contributed by atoms with Crippen molar-refractivity contribution in [1.82, 2.24) is 20.2 Å². The number of nitrogens with zero attached hydrogens (tertiary/aromatic N) is 5. The molecule has 158 valence electrons. The number of halogens is 1. The minimum absolute atomic E-state index is 0.00862. The summed E-state index contributed by atoms with van der Waals surface area (Å²) in [6, 6.07) is 17.3. The highest BCUT2D eigenvalue weighted by Gasteiger charge is 2.34. The highest BCUT2D eigenvalue weighted by molar-refractivity contribution is 5.46. The summed E-state index contributed by atoms with van der Waals surface area (Å²) >= 11 is 0. The number of rotatable bonds is 7. The van der Waals surface area contributed by atoms with Gasteiger partial charge in [0.2, 0.25) is 5.82 Å². The third-order valence-corrected chi connectivity index (χ3v) is 5.87. The SMILES string of the molecule is CC(C)CCn1nnnc1[C@@H](c1ccc(F)cc1)[NH+]1CCN(c2ccccc2)CC1. The van der Waals surface area contributed by atoms with Crippen molar-refractivity contribution < 1.29 is 9.29 Å². The van der Waals surface area contributed by atoms with Gasteiger partial charge in [-0.3, -0.25) is 0 Å². The van der Waals surface area contributed by atoms with E-state index >= 15 is 0 Å². The third kappa shape index (κ3) is 4.67. The molecular formula is C23H30FN6+. The quantitative estimate of drug-likeness (QED) is 0.651. The molecule has 1 aromatic heterocycles. The Kier molecular flexibility index (Phi) is 6.38. The van der Waals surface area contributed by atoms with Gasteiger partial charge in [0.15, 0.2) is 6.04 Å². The van der Waals surface area contributed by atoms with Gasteiger partial charge in [-0.05, 0) is 59.2 Å². The maximum atomic E-state index is 13.6. The molecule has 0 saturated carbocycles. The summed E-state index contributed by atoms with van der Waals surface area (Å²) in [6.07, 6.45) is 1.02. The van der Waals surface area contributed by atoms with Gasteiger partial charge in [-0.15, -0.1) is 5.10 Å². The summed E-state index contributed by atoms with van der Waals surface area (Å²) < 4.78 is 15.5. The summed E-state index contributed by atoms with van der Waals surface area (Å²) in [5, 5.41) is 12.7. The van der Waals surface area contributed by atoms with E-state index in [0.717, 1.165) is 50.5 Å². The van der Waals surface area contributed by atoms with Crippen LogP contribution in [-0.4, -0.2) is 46.4 Å². The number of nitrogens with one attached hydrogen (secondary N) is 1. The second kappa shape index (κ2) is 9.34. The molecule has 7 heteroatoms. The lowest BCUT2D eigenvalue weighted by Gasteiger charge is -2.37. The third-order valence-electron chi connectivity index (χ3n) is 5.87. The number of hydrogen-bond acceptors (Lipinski definition) is 4. The van der Waals surface area contributed by atoms with Gasteiger partial charge in [-0.1, -0.05) is 32.0 Å². The number of para-hydroxylation sites is 1. The predicted molar refractivity (Wildman–Crippen MR) is 115 cm³/mol. The Morgan fingerprint density at radius 2 is 1.70 bits per heavy atom. The van der Waals surface area contributed by atoms with E-state index in [1.165, 1.54) is 22.7 Å². The molecular weight excluding hydrogens is 379 g/mol. The molecule has 3 aromatic rings. The van der Waals surface area contributed by atoms with Crippen LogP contribution in [0.15, 0.2) is 54.6 Å². The fourth-order valence-corrected chi connectivity index (χ4v) is 4.16. The molecule has 1 aliphatic heterocycles. The summed E-state index contributed by atoms with van der Waals surface area (Å²) in [5.41, 5.74) is 2.32. The second-order valence-corrected chi connectivity index (χ2v) is 8.41. The van der Waals surface area contributed by atoms with Crippen molar-refractivity contribution in [1.29, 1.82) is 0 Å². The maximum absolute atomic E-state index is 13.6. The van der Waals surface area contributed by atoms with Gasteiger partial charge in [-0.2, -0.15) is 0 Å². The van der Waals surface area contributed by atoms with Crippen LogP contribution in [0.2, 0.25) is 0 Å². The Morgan fingerprint density at radius 3 is 2.37 bits per heavy atom. The van der Waals surface area contributed by atoms with Gasteiger partial charge in [0, 0.05) is 17.8 Å². The zero-order valence-electron chi connectivity index (χ0n) is 17.7. The van der Waals surface area contributed by atoms with Crippen LogP contribution in [-0.2, 0) is 6.54 Å². The van der Waals surface area contributed by atoms with Gasteiger partial charge < -0.3 is 9.80 Å². The van der Waals surface area contributed by atoms with Crippen molar-refractivity contribution in [3.05, 3.63) is 71.8 Å². The van der Waals surface area contributed by atoms with Gasteiger partial charge in [0.1, 0.15) is 5.82 Å². The van der Waals surface area contributed by atoms with E-state index in [4.69, 9.17) is 0 Å². The molecule has 0 radical (unpaired) electrons. The number of hydrogen-bond donors (Lipinski definition) is 1. The molecule has 30 heavy (non-hydrogen) atoms. The number of aryl methyl sites for hydroxylation is 1. The molecule has 0 spiro atoms. The fourth-order valence-electron chi connectivity index (χ4n) is 4.16. The zero-order chi connectivity index (χ0) is 20.9. The highest BCUT2D eigenvalue weighted by Crippen LogP contribution is 2.20. The number of quaternary nitrogens is 1. The number of piperazine rings is 1. The van der Waals surface area contributed by atoms with Crippen molar-refractivity contribution >= 4 is 5.69 Å². The van der Waals surface area contributed by atoms with E-state index < -0.39 is 0 Å². The number of tetrazole rings is 1.